The average molecular weight is 314 g/mol. The number of guanidine groups is 1. The van der Waals surface area contributed by atoms with Crippen LogP contribution in [0, 0.1) is 0 Å². The van der Waals surface area contributed by atoms with Gasteiger partial charge in [-0.25, -0.2) is 4.79 Å². The SMILES string of the molecule is CCOC(=O)N1CCC(NC(=NC)NCCC(=O)OC)CC1. The van der Waals surface area contributed by atoms with E-state index in [1.54, 1.807) is 18.9 Å². The zero-order valence-corrected chi connectivity index (χ0v) is 13.6. The first-order valence-electron chi connectivity index (χ1n) is 7.56. The Kier molecular flexibility index (Phi) is 8.09. The van der Waals surface area contributed by atoms with Crippen molar-refractivity contribution in [2.75, 3.05) is 40.4 Å². The first-order valence-corrected chi connectivity index (χ1v) is 7.56. The van der Waals surface area contributed by atoms with Gasteiger partial charge in [0.25, 0.3) is 0 Å². The molecule has 8 nitrogen and oxygen atoms in total. The van der Waals surface area contributed by atoms with Gasteiger partial charge in [-0.3, -0.25) is 9.79 Å². The second-order valence-electron chi connectivity index (χ2n) is 4.93. The largest absolute Gasteiger partial charge is 0.469 e. The van der Waals surface area contributed by atoms with Crippen molar-refractivity contribution in [3.63, 3.8) is 0 Å². The topological polar surface area (TPSA) is 92.3 Å². The second-order valence-corrected chi connectivity index (χ2v) is 4.93. The van der Waals surface area contributed by atoms with E-state index >= 15 is 0 Å². The fraction of sp³-hybridized carbons (Fsp3) is 0.786. The third kappa shape index (κ3) is 6.19. The van der Waals surface area contributed by atoms with Gasteiger partial charge >= 0.3 is 12.1 Å². The third-order valence-corrected chi connectivity index (χ3v) is 3.43. The standard InChI is InChI=1S/C14H26N4O4/c1-4-22-14(20)18-9-6-11(7-10-18)17-13(15-2)16-8-5-12(19)21-3/h11H,4-10H2,1-3H3,(H2,15,16,17). The van der Waals surface area contributed by atoms with Gasteiger partial charge in [0, 0.05) is 32.7 Å². The number of nitrogens with one attached hydrogen (secondary N) is 2. The molecule has 2 N–H and O–H groups in total. The zero-order valence-electron chi connectivity index (χ0n) is 13.6. The van der Waals surface area contributed by atoms with Crippen LogP contribution in [-0.2, 0) is 14.3 Å². The summed E-state index contributed by atoms with van der Waals surface area (Å²) >= 11 is 0. The van der Waals surface area contributed by atoms with Crippen LogP contribution in [0.4, 0.5) is 4.79 Å². The normalized spacial score (nSPS) is 16.1. The molecule has 0 unspecified atom stereocenters. The summed E-state index contributed by atoms with van der Waals surface area (Å²) in [7, 11) is 3.05. The van der Waals surface area contributed by atoms with Crippen molar-refractivity contribution < 1.29 is 19.1 Å². The summed E-state index contributed by atoms with van der Waals surface area (Å²) < 4.78 is 9.57. The fourth-order valence-electron chi connectivity index (χ4n) is 2.19. The van der Waals surface area contributed by atoms with Gasteiger partial charge in [0.1, 0.15) is 0 Å². The van der Waals surface area contributed by atoms with E-state index in [-0.39, 0.29) is 18.1 Å². The van der Waals surface area contributed by atoms with Crippen LogP contribution in [0.25, 0.3) is 0 Å². The molecule has 0 aromatic rings. The van der Waals surface area contributed by atoms with Crippen LogP contribution < -0.4 is 10.6 Å². The molecule has 1 aliphatic heterocycles. The molecule has 1 rings (SSSR count). The molecule has 1 saturated heterocycles. The molecule has 1 aliphatic rings. The number of piperidine rings is 1. The lowest BCUT2D eigenvalue weighted by Gasteiger charge is -2.32. The van der Waals surface area contributed by atoms with Crippen molar-refractivity contribution in [2.24, 2.45) is 4.99 Å². The van der Waals surface area contributed by atoms with Gasteiger partial charge in [0.05, 0.1) is 20.1 Å². The minimum absolute atomic E-state index is 0.245. The molecule has 0 spiro atoms. The Balaban J connectivity index is 2.29. The number of amides is 1. The average Bonchev–Trinajstić information content (AvgIpc) is 2.54. The van der Waals surface area contributed by atoms with Gasteiger partial charge in [-0.15, -0.1) is 0 Å². The summed E-state index contributed by atoms with van der Waals surface area (Å²) in [5.41, 5.74) is 0. The molecule has 0 aliphatic carbocycles. The lowest BCUT2D eigenvalue weighted by molar-refractivity contribution is -0.140. The Hall–Kier alpha value is -1.99. The summed E-state index contributed by atoms with van der Waals surface area (Å²) in [5.74, 6) is 0.393. The molecular formula is C14H26N4O4. The van der Waals surface area contributed by atoms with Crippen LogP contribution in [-0.4, -0.2) is 69.4 Å². The van der Waals surface area contributed by atoms with Gasteiger partial charge in [-0.1, -0.05) is 0 Å². The van der Waals surface area contributed by atoms with Crippen LogP contribution in [0.3, 0.4) is 0 Å². The highest BCUT2D eigenvalue weighted by Crippen LogP contribution is 2.11. The van der Waals surface area contributed by atoms with Gasteiger partial charge in [0.2, 0.25) is 0 Å². The predicted molar refractivity (Wildman–Crippen MR) is 82.7 cm³/mol. The lowest BCUT2D eigenvalue weighted by Crippen LogP contribution is -2.50. The van der Waals surface area contributed by atoms with Crippen molar-refractivity contribution in [3.05, 3.63) is 0 Å². The first kappa shape index (κ1) is 18.1. The number of rotatable bonds is 5. The number of carbonyl (C=O) groups is 2. The van der Waals surface area contributed by atoms with Gasteiger partial charge in [-0.2, -0.15) is 0 Å². The highest BCUT2D eigenvalue weighted by molar-refractivity contribution is 5.80. The monoisotopic (exact) mass is 314 g/mol. The number of methoxy groups -OCH3 is 1. The summed E-state index contributed by atoms with van der Waals surface area (Å²) in [6.07, 6.45) is 1.70. The molecule has 0 saturated carbocycles. The minimum Gasteiger partial charge on any atom is -0.469 e. The van der Waals surface area contributed by atoms with E-state index in [1.165, 1.54) is 7.11 Å². The van der Waals surface area contributed by atoms with Gasteiger partial charge in [0.15, 0.2) is 5.96 Å². The Bertz CT molecular complexity index is 392. The van der Waals surface area contributed by atoms with Crippen molar-refractivity contribution in [2.45, 2.75) is 32.2 Å². The number of ether oxygens (including phenoxy) is 2. The molecule has 0 atom stereocenters. The fourth-order valence-corrected chi connectivity index (χ4v) is 2.19. The maximum Gasteiger partial charge on any atom is 0.409 e. The maximum absolute atomic E-state index is 11.6. The summed E-state index contributed by atoms with van der Waals surface area (Å²) in [5, 5.41) is 6.37. The number of hydrogen-bond acceptors (Lipinski definition) is 5. The van der Waals surface area contributed by atoms with E-state index in [0.717, 1.165) is 12.8 Å². The highest BCUT2D eigenvalue weighted by Gasteiger charge is 2.23. The molecule has 1 heterocycles. The Morgan fingerprint density at radius 1 is 1.32 bits per heavy atom. The van der Waals surface area contributed by atoms with Crippen LogP contribution in [0.5, 0.6) is 0 Å². The summed E-state index contributed by atoms with van der Waals surface area (Å²) in [6.45, 7) is 3.99. The third-order valence-electron chi connectivity index (χ3n) is 3.43. The highest BCUT2D eigenvalue weighted by atomic mass is 16.6. The molecule has 1 amide bonds. The van der Waals surface area contributed by atoms with Crippen LogP contribution in [0.2, 0.25) is 0 Å². The molecule has 0 aromatic carbocycles. The smallest absolute Gasteiger partial charge is 0.409 e. The molecule has 0 radical (unpaired) electrons. The number of nitrogens with zero attached hydrogens (tertiary/aromatic N) is 2. The van der Waals surface area contributed by atoms with Gasteiger partial charge < -0.3 is 25.0 Å². The lowest BCUT2D eigenvalue weighted by atomic mass is 10.1. The second kappa shape index (κ2) is 9.86. The summed E-state index contributed by atoms with van der Waals surface area (Å²) in [4.78, 5) is 28.5. The molecule has 8 heteroatoms. The van der Waals surface area contributed by atoms with Crippen molar-refractivity contribution in [1.29, 1.82) is 0 Å². The minimum atomic E-state index is -0.259. The van der Waals surface area contributed by atoms with Crippen molar-refractivity contribution in [3.8, 4) is 0 Å². The number of carbonyl (C=O) groups excluding carboxylic acids is 2. The number of esters is 1. The van der Waals surface area contributed by atoms with Crippen molar-refractivity contribution >= 4 is 18.0 Å². The van der Waals surface area contributed by atoms with Crippen LogP contribution >= 0.6 is 0 Å². The van der Waals surface area contributed by atoms with E-state index < -0.39 is 0 Å². The van der Waals surface area contributed by atoms with E-state index in [2.05, 4.69) is 20.4 Å². The first-order chi connectivity index (χ1) is 10.6. The quantitative estimate of drug-likeness (QED) is 0.432. The van der Waals surface area contributed by atoms with E-state index in [0.29, 0.717) is 38.6 Å². The van der Waals surface area contributed by atoms with Crippen molar-refractivity contribution in [1.82, 2.24) is 15.5 Å². The van der Waals surface area contributed by atoms with E-state index in [1.807, 2.05) is 0 Å². The molecule has 22 heavy (non-hydrogen) atoms. The molecule has 0 bridgehead atoms. The molecule has 1 fully saturated rings. The van der Waals surface area contributed by atoms with Gasteiger partial charge in [-0.05, 0) is 19.8 Å². The zero-order chi connectivity index (χ0) is 16.4. The van der Waals surface area contributed by atoms with Crippen LogP contribution in [0.1, 0.15) is 26.2 Å². The molecule has 0 aromatic heterocycles. The molecular weight excluding hydrogens is 288 g/mol. The van der Waals surface area contributed by atoms with E-state index in [9.17, 15) is 9.59 Å². The maximum atomic E-state index is 11.6. The Morgan fingerprint density at radius 2 is 2.00 bits per heavy atom. The predicted octanol–water partition coefficient (Wildman–Crippen LogP) is 0.335. The molecule has 126 valence electrons. The Labute approximate surface area is 131 Å². The van der Waals surface area contributed by atoms with Crippen LogP contribution in [0.15, 0.2) is 4.99 Å². The Morgan fingerprint density at radius 3 is 2.55 bits per heavy atom. The number of likely N-dealkylation sites (tertiary alicyclic amines) is 1. The number of hydrogen-bond donors (Lipinski definition) is 2. The summed E-state index contributed by atoms with van der Waals surface area (Å²) in [6, 6.07) is 0.245. The number of aliphatic imine (C=N–C) groups is 1. The van der Waals surface area contributed by atoms with E-state index in [4.69, 9.17) is 4.74 Å².